The lowest BCUT2D eigenvalue weighted by Crippen LogP contribution is -2.57. The van der Waals surface area contributed by atoms with E-state index in [0.717, 1.165) is 44.9 Å². The normalized spacial score (nSPS) is 53.3. The SMILES string of the molecule is CC(=O)[C@@]12N=C(C)O[C@@H]1C[C@H]1[C@@H]3CC=C4C[C@@H](O)CC[C@]4(C)[C@H]3CC[C@@]12C. The van der Waals surface area contributed by atoms with Gasteiger partial charge in [-0.1, -0.05) is 25.5 Å². The summed E-state index contributed by atoms with van der Waals surface area (Å²) in [6, 6.07) is 0. The number of carbonyl (C=O) groups excluding carboxylic acids is 1. The summed E-state index contributed by atoms with van der Waals surface area (Å²) in [4.78, 5) is 17.8. The van der Waals surface area contributed by atoms with Gasteiger partial charge < -0.3 is 9.84 Å². The maximum Gasteiger partial charge on any atom is 0.181 e. The van der Waals surface area contributed by atoms with E-state index < -0.39 is 5.54 Å². The molecule has 0 saturated heterocycles. The Morgan fingerprint density at radius 2 is 2.04 bits per heavy atom. The number of aliphatic hydroxyl groups is 1. The molecule has 0 amide bonds. The fourth-order valence-corrected chi connectivity index (χ4v) is 8.16. The lowest BCUT2D eigenvalue weighted by molar-refractivity contribution is -0.131. The van der Waals surface area contributed by atoms with Crippen molar-refractivity contribution in [1.29, 1.82) is 0 Å². The van der Waals surface area contributed by atoms with Crippen molar-refractivity contribution in [3.8, 4) is 0 Å². The Balaban J connectivity index is 1.55. The number of rotatable bonds is 1. The Bertz CT molecular complexity index is 757. The van der Waals surface area contributed by atoms with Crippen LogP contribution in [-0.2, 0) is 9.53 Å². The minimum Gasteiger partial charge on any atom is -0.475 e. The van der Waals surface area contributed by atoms with E-state index in [1.54, 1.807) is 6.92 Å². The van der Waals surface area contributed by atoms with Gasteiger partial charge in [-0.3, -0.25) is 4.79 Å². The molecule has 4 heteroatoms. The Morgan fingerprint density at radius 3 is 2.78 bits per heavy atom. The summed E-state index contributed by atoms with van der Waals surface area (Å²) >= 11 is 0. The molecule has 3 fully saturated rings. The Kier molecular flexibility index (Phi) is 3.62. The number of carbonyl (C=O) groups is 1. The Morgan fingerprint density at radius 1 is 1.26 bits per heavy atom. The second kappa shape index (κ2) is 5.46. The first-order valence-corrected chi connectivity index (χ1v) is 10.8. The van der Waals surface area contributed by atoms with Crippen molar-refractivity contribution in [2.75, 3.05) is 0 Å². The van der Waals surface area contributed by atoms with Crippen molar-refractivity contribution in [3.05, 3.63) is 11.6 Å². The highest BCUT2D eigenvalue weighted by atomic mass is 16.5. The number of aliphatic imine (C=N–C) groups is 1. The molecule has 4 nitrogen and oxygen atoms in total. The van der Waals surface area contributed by atoms with Crippen LogP contribution in [-0.4, -0.2) is 34.5 Å². The first-order valence-electron chi connectivity index (χ1n) is 10.8. The highest BCUT2D eigenvalue weighted by molar-refractivity contribution is 5.94. The fraction of sp³-hybridized carbons (Fsp3) is 0.826. The summed E-state index contributed by atoms with van der Waals surface area (Å²) < 4.78 is 6.11. The number of fused-ring (bicyclic) bond motifs is 7. The van der Waals surface area contributed by atoms with Crippen LogP contribution >= 0.6 is 0 Å². The fourth-order valence-electron chi connectivity index (χ4n) is 8.16. The van der Waals surface area contributed by atoms with Gasteiger partial charge in [0, 0.05) is 12.3 Å². The van der Waals surface area contributed by atoms with E-state index in [0.29, 0.717) is 23.7 Å². The number of ether oxygens (including phenoxy) is 1. The molecule has 27 heavy (non-hydrogen) atoms. The van der Waals surface area contributed by atoms with E-state index in [-0.39, 0.29) is 28.8 Å². The number of aliphatic hydroxyl groups excluding tert-OH is 1. The summed E-state index contributed by atoms with van der Waals surface area (Å²) in [5, 5.41) is 10.2. The third-order valence-corrected chi connectivity index (χ3v) is 9.46. The molecule has 5 aliphatic rings. The first kappa shape index (κ1) is 17.9. The molecule has 3 saturated carbocycles. The van der Waals surface area contributed by atoms with E-state index in [1.807, 2.05) is 6.92 Å². The van der Waals surface area contributed by atoms with Crippen molar-refractivity contribution in [2.24, 2.45) is 33.6 Å². The van der Waals surface area contributed by atoms with Crippen LogP contribution in [0.1, 0.15) is 72.6 Å². The van der Waals surface area contributed by atoms with Gasteiger partial charge in [0.25, 0.3) is 0 Å². The summed E-state index contributed by atoms with van der Waals surface area (Å²) in [7, 11) is 0. The second-order valence-electron chi connectivity index (χ2n) is 10.4. The molecule has 0 aromatic rings. The minimum absolute atomic E-state index is 0.0740. The van der Waals surface area contributed by atoms with Crippen LogP contribution in [0.15, 0.2) is 16.6 Å². The van der Waals surface area contributed by atoms with Gasteiger partial charge >= 0.3 is 0 Å². The number of hydrogen-bond acceptors (Lipinski definition) is 4. The predicted octanol–water partition coefficient (Wildman–Crippen LogP) is 4.07. The van der Waals surface area contributed by atoms with Crippen LogP contribution in [0.2, 0.25) is 0 Å². The highest BCUT2D eigenvalue weighted by Gasteiger charge is 2.72. The maximum absolute atomic E-state index is 12.9. The molecular weight excluding hydrogens is 338 g/mol. The average molecular weight is 372 g/mol. The van der Waals surface area contributed by atoms with Gasteiger partial charge in [0.1, 0.15) is 6.10 Å². The van der Waals surface area contributed by atoms with Gasteiger partial charge in [0.2, 0.25) is 0 Å². The van der Waals surface area contributed by atoms with Crippen LogP contribution in [0.5, 0.6) is 0 Å². The first-order chi connectivity index (χ1) is 12.7. The zero-order valence-electron chi connectivity index (χ0n) is 17.1. The van der Waals surface area contributed by atoms with Crippen LogP contribution in [0.25, 0.3) is 0 Å². The van der Waals surface area contributed by atoms with Gasteiger partial charge in [0.15, 0.2) is 17.2 Å². The molecule has 148 valence electrons. The van der Waals surface area contributed by atoms with E-state index >= 15 is 0 Å². The van der Waals surface area contributed by atoms with Crippen molar-refractivity contribution < 1.29 is 14.6 Å². The van der Waals surface area contributed by atoms with Crippen LogP contribution in [0.3, 0.4) is 0 Å². The monoisotopic (exact) mass is 371 g/mol. The molecule has 4 aliphatic carbocycles. The average Bonchev–Trinajstić information content (AvgIpc) is 3.06. The lowest BCUT2D eigenvalue weighted by atomic mass is 9.46. The van der Waals surface area contributed by atoms with Crippen molar-refractivity contribution >= 4 is 11.7 Å². The summed E-state index contributed by atoms with van der Waals surface area (Å²) in [6.45, 7) is 8.39. The van der Waals surface area contributed by atoms with Crippen LogP contribution in [0, 0.1) is 28.6 Å². The third kappa shape index (κ3) is 2.03. The van der Waals surface area contributed by atoms with Gasteiger partial charge in [-0.15, -0.1) is 0 Å². The van der Waals surface area contributed by atoms with Gasteiger partial charge in [-0.25, -0.2) is 4.99 Å². The highest BCUT2D eigenvalue weighted by Crippen LogP contribution is 2.69. The zero-order valence-corrected chi connectivity index (χ0v) is 17.1. The molecule has 1 heterocycles. The van der Waals surface area contributed by atoms with Crippen molar-refractivity contribution in [3.63, 3.8) is 0 Å². The molecule has 0 aromatic carbocycles. The quantitative estimate of drug-likeness (QED) is 0.707. The van der Waals surface area contributed by atoms with E-state index in [4.69, 9.17) is 9.73 Å². The summed E-state index contributed by atoms with van der Waals surface area (Å²) in [5.41, 5.74) is 0.958. The van der Waals surface area contributed by atoms with E-state index in [1.165, 1.54) is 5.57 Å². The molecule has 0 bridgehead atoms. The molecule has 0 radical (unpaired) electrons. The standard InChI is InChI=1S/C23H33NO3/c1-13(25)23-20(27-14(2)24-23)12-19-17-6-5-15-11-16(26)7-9-21(15,3)18(17)8-10-22(19,23)4/h5,16-20,26H,6-12H2,1-4H3/t16-,17+,18-,19-,20+,21-,22-,23+/m0/s1. The van der Waals surface area contributed by atoms with Crippen molar-refractivity contribution in [2.45, 2.75) is 90.4 Å². The van der Waals surface area contributed by atoms with Crippen LogP contribution < -0.4 is 0 Å². The van der Waals surface area contributed by atoms with E-state index in [2.05, 4.69) is 19.9 Å². The maximum atomic E-state index is 12.9. The number of hydrogen-bond donors (Lipinski definition) is 1. The largest absolute Gasteiger partial charge is 0.475 e. The molecule has 0 unspecified atom stereocenters. The van der Waals surface area contributed by atoms with Crippen molar-refractivity contribution in [1.82, 2.24) is 0 Å². The zero-order chi connectivity index (χ0) is 19.2. The second-order valence-corrected chi connectivity index (χ2v) is 10.4. The summed E-state index contributed by atoms with van der Waals surface area (Å²) in [5.74, 6) is 2.64. The topological polar surface area (TPSA) is 58.9 Å². The molecule has 5 rings (SSSR count). The number of Topliss-reactive ketones (excluding diaryl/α,β-unsaturated/α-hetero) is 1. The predicted molar refractivity (Wildman–Crippen MR) is 104 cm³/mol. The molecular formula is C23H33NO3. The molecule has 8 atom stereocenters. The molecule has 0 aromatic heterocycles. The minimum atomic E-state index is -0.666. The molecule has 1 aliphatic heterocycles. The molecule has 1 N–H and O–H groups in total. The smallest absolute Gasteiger partial charge is 0.181 e. The Labute approximate surface area is 162 Å². The Hall–Kier alpha value is -1.16. The third-order valence-electron chi connectivity index (χ3n) is 9.46. The van der Waals surface area contributed by atoms with Gasteiger partial charge in [-0.05, 0) is 75.0 Å². The van der Waals surface area contributed by atoms with E-state index in [9.17, 15) is 9.90 Å². The number of nitrogens with zero attached hydrogens (tertiary/aromatic N) is 1. The van der Waals surface area contributed by atoms with Gasteiger partial charge in [-0.2, -0.15) is 0 Å². The summed E-state index contributed by atoms with van der Waals surface area (Å²) in [6.07, 6.45) is 9.35. The molecule has 0 spiro atoms. The lowest BCUT2D eigenvalue weighted by Gasteiger charge is -2.58. The van der Waals surface area contributed by atoms with Crippen LogP contribution in [0.4, 0.5) is 0 Å². The number of allylic oxidation sites excluding steroid dienone is 1. The number of ketones is 1. The van der Waals surface area contributed by atoms with Gasteiger partial charge in [0.05, 0.1) is 6.10 Å².